The summed E-state index contributed by atoms with van der Waals surface area (Å²) in [5.41, 5.74) is 0.578. The molecule has 4 rings (SSSR count). The van der Waals surface area contributed by atoms with Gasteiger partial charge in [-0.2, -0.15) is 0 Å². The molecule has 1 atom stereocenters. The highest BCUT2D eigenvalue weighted by molar-refractivity contribution is 6.46. The molecule has 1 aromatic carbocycles. The number of rotatable bonds is 6. The first-order chi connectivity index (χ1) is 14.2. The molecule has 1 amide bonds. The maximum absolute atomic E-state index is 12.8. The number of furan rings is 1. The standard InChI is InChI=1S/C22H24N2O5/c25-20(16-6-2-1-3-7-16)18-19(17-8-4-13-29-17)24(22(27)21(18)26)10-5-9-23-11-14-28-15-12-23/h1-4,6-8,13,19,25H,5,9-12,14-15H2/p+1. The fraction of sp³-hybridized carbons (Fsp3) is 0.364. The quantitative estimate of drug-likeness (QED) is 0.432. The minimum absolute atomic E-state index is 0.0786. The maximum atomic E-state index is 12.8. The number of hydrogen-bond acceptors (Lipinski definition) is 5. The highest BCUT2D eigenvalue weighted by Gasteiger charge is 2.47. The Morgan fingerprint density at radius 2 is 1.86 bits per heavy atom. The number of nitrogens with zero attached hydrogens (tertiary/aromatic N) is 1. The first kappa shape index (κ1) is 19.4. The maximum Gasteiger partial charge on any atom is 0.295 e. The average molecular weight is 397 g/mol. The van der Waals surface area contributed by atoms with Crippen molar-refractivity contribution in [2.45, 2.75) is 12.5 Å². The number of nitrogens with one attached hydrogen (secondary N) is 1. The van der Waals surface area contributed by atoms with E-state index < -0.39 is 17.7 Å². The summed E-state index contributed by atoms with van der Waals surface area (Å²) in [5, 5.41) is 10.8. The zero-order valence-electron chi connectivity index (χ0n) is 16.2. The van der Waals surface area contributed by atoms with Crippen LogP contribution in [0.3, 0.4) is 0 Å². The number of amides is 1. The zero-order chi connectivity index (χ0) is 20.2. The molecule has 0 spiro atoms. The van der Waals surface area contributed by atoms with Crippen molar-refractivity contribution in [1.29, 1.82) is 0 Å². The fourth-order valence-corrected chi connectivity index (χ4v) is 4.01. The molecule has 2 N–H and O–H groups in total. The molecule has 7 heteroatoms. The highest BCUT2D eigenvalue weighted by atomic mass is 16.5. The van der Waals surface area contributed by atoms with Gasteiger partial charge in [0.05, 0.1) is 31.6 Å². The first-order valence-electron chi connectivity index (χ1n) is 9.95. The van der Waals surface area contributed by atoms with Crippen LogP contribution in [0.2, 0.25) is 0 Å². The molecule has 29 heavy (non-hydrogen) atoms. The van der Waals surface area contributed by atoms with Gasteiger partial charge < -0.3 is 24.1 Å². The highest BCUT2D eigenvalue weighted by Crippen LogP contribution is 2.39. The summed E-state index contributed by atoms with van der Waals surface area (Å²) in [6.45, 7) is 4.73. The molecule has 2 aromatic rings. The van der Waals surface area contributed by atoms with Crippen molar-refractivity contribution in [3.05, 3.63) is 65.6 Å². The molecule has 7 nitrogen and oxygen atoms in total. The molecule has 0 bridgehead atoms. The van der Waals surface area contributed by atoms with E-state index in [-0.39, 0.29) is 11.3 Å². The number of likely N-dealkylation sites (tertiary alicyclic amines) is 1. The summed E-state index contributed by atoms with van der Waals surface area (Å²) in [4.78, 5) is 28.6. The fourth-order valence-electron chi connectivity index (χ4n) is 4.01. The van der Waals surface area contributed by atoms with E-state index in [4.69, 9.17) is 9.15 Å². The Morgan fingerprint density at radius 3 is 2.55 bits per heavy atom. The SMILES string of the molecule is O=C1C(=O)N(CCC[NH+]2CCOCC2)C(c2ccco2)C1=C(O)c1ccccc1. The van der Waals surface area contributed by atoms with Crippen LogP contribution in [0.1, 0.15) is 23.8 Å². The molecule has 0 saturated carbocycles. The third-order valence-electron chi connectivity index (χ3n) is 5.53. The lowest BCUT2D eigenvalue weighted by molar-refractivity contribution is -0.908. The van der Waals surface area contributed by atoms with Crippen LogP contribution in [0, 0.1) is 0 Å². The van der Waals surface area contributed by atoms with Crippen molar-refractivity contribution in [2.24, 2.45) is 0 Å². The van der Waals surface area contributed by atoms with E-state index in [1.807, 2.05) is 6.07 Å². The normalized spacial score (nSPS) is 22.3. The van der Waals surface area contributed by atoms with Crippen LogP contribution in [0.4, 0.5) is 0 Å². The monoisotopic (exact) mass is 397 g/mol. The lowest BCUT2D eigenvalue weighted by Crippen LogP contribution is -3.14. The van der Waals surface area contributed by atoms with E-state index in [2.05, 4.69) is 0 Å². The van der Waals surface area contributed by atoms with Crippen LogP contribution >= 0.6 is 0 Å². The number of carbonyl (C=O) groups is 2. The number of ketones is 1. The van der Waals surface area contributed by atoms with Gasteiger partial charge >= 0.3 is 0 Å². The number of quaternary nitrogens is 1. The molecule has 152 valence electrons. The van der Waals surface area contributed by atoms with Gasteiger partial charge in [-0.3, -0.25) is 9.59 Å². The minimum atomic E-state index is -0.718. The molecule has 1 aromatic heterocycles. The molecule has 2 saturated heterocycles. The lowest BCUT2D eigenvalue weighted by atomic mass is 9.99. The second-order valence-electron chi connectivity index (χ2n) is 7.34. The van der Waals surface area contributed by atoms with E-state index in [1.54, 1.807) is 36.4 Å². The van der Waals surface area contributed by atoms with Gasteiger partial charge in [-0.15, -0.1) is 0 Å². The van der Waals surface area contributed by atoms with Crippen molar-refractivity contribution < 1.29 is 28.7 Å². The predicted octanol–water partition coefficient (Wildman–Crippen LogP) is 1.01. The summed E-state index contributed by atoms with van der Waals surface area (Å²) in [6.07, 6.45) is 2.26. The zero-order valence-corrected chi connectivity index (χ0v) is 16.2. The van der Waals surface area contributed by atoms with E-state index in [0.717, 1.165) is 39.3 Å². The number of Topliss-reactive ketones (excluding diaryl/α,β-unsaturated/α-hetero) is 1. The molecule has 2 aliphatic heterocycles. The van der Waals surface area contributed by atoms with Crippen LogP contribution < -0.4 is 4.90 Å². The van der Waals surface area contributed by atoms with Crippen LogP contribution in [0.5, 0.6) is 0 Å². The second kappa shape index (κ2) is 8.63. The molecule has 2 fully saturated rings. The second-order valence-corrected chi connectivity index (χ2v) is 7.34. The number of hydrogen-bond donors (Lipinski definition) is 2. The third kappa shape index (κ3) is 3.97. The average Bonchev–Trinajstić information content (AvgIpc) is 3.37. The van der Waals surface area contributed by atoms with E-state index >= 15 is 0 Å². The van der Waals surface area contributed by atoms with Crippen LogP contribution in [-0.4, -0.2) is 61.1 Å². The number of ether oxygens (including phenoxy) is 1. The summed E-state index contributed by atoms with van der Waals surface area (Å²) >= 11 is 0. The van der Waals surface area contributed by atoms with Crippen molar-refractivity contribution in [3.8, 4) is 0 Å². The Kier molecular flexibility index (Phi) is 5.78. The van der Waals surface area contributed by atoms with Gasteiger partial charge in [0.1, 0.15) is 30.7 Å². The Hall–Kier alpha value is -2.90. The largest absolute Gasteiger partial charge is 0.507 e. The number of aliphatic hydroxyl groups is 1. The van der Waals surface area contributed by atoms with E-state index in [9.17, 15) is 14.7 Å². The number of benzene rings is 1. The molecule has 2 aliphatic rings. The number of aliphatic hydroxyl groups excluding tert-OH is 1. The van der Waals surface area contributed by atoms with Gasteiger partial charge in [0, 0.05) is 18.5 Å². The Labute approximate surface area is 169 Å². The van der Waals surface area contributed by atoms with Crippen molar-refractivity contribution in [1.82, 2.24) is 4.90 Å². The summed E-state index contributed by atoms with van der Waals surface area (Å²) in [6, 6.07) is 11.5. The molecule has 0 radical (unpaired) electrons. The molecular weight excluding hydrogens is 372 g/mol. The number of morpholine rings is 1. The Bertz CT molecular complexity index is 885. The van der Waals surface area contributed by atoms with Crippen molar-refractivity contribution in [3.63, 3.8) is 0 Å². The van der Waals surface area contributed by atoms with Crippen molar-refractivity contribution >= 4 is 17.4 Å². The van der Waals surface area contributed by atoms with Gasteiger partial charge in [-0.1, -0.05) is 30.3 Å². The third-order valence-corrected chi connectivity index (χ3v) is 5.53. The topological polar surface area (TPSA) is 84.4 Å². The van der Waals surface area contributed by atoms with Gasteiger partial charge in [0.25, 0.3) is 11.7 Å². The van der Waals surface area contributed by atoms with Gasteiger partial charge in [-0.05, 0) is 12.1 Å². The van der Waals surface area contributed by atoms with Gasteiger partial charge in [0.15, 0.2) is 0 Å². The smallest absolute Gasteiger partial charge is 0.295 e. The Morgan fingerprint density at radius 1 is 1.10 bits per heavy atom. The first-order valence-corrected chi connectivity index (χ1v) is 9.95. The van der Waals surface area contributed by atoms with Crippen LogP contribution in [0.15, 0.2) is 58.7 Å². The Balaban J connectivity index is 1.60. The molecule has 3 heterocycles. The molecular formula is C22H25N2O5+. The predicted molar refractivity (Wildman–Crippen MR) is 105 cm³/mol. The van der Waals surface area contributed by atoms with Crippen LogP contribution in [-0.2, 0) is 14.3 Å². The van der Waals surface area contributed by atoms with E-state index in [0.29, 0.717) is 17.9 Å². The van der Waals surface area contributed by atoms with Crippen LogP contribution in [0.25, 0.3) is 5.76 Å². The number of carbonyl (C=O) groups excluding carboxylic acids is 2. The van der Waals surface area contributed by atoms with Gasteiger partial charge in [0.2, 0.25) is 0 Å². The van der Waals surface area contributed by atoms with Crippen molar-refractivity contribution in [2.75, 3.05) is 39.4 Å². The summed E-state index contributed by atoms with van der Waals surface area (Å²) < 4.78 is 10.9. The lowest BCUT2D eigenvalue weighted by Gasteiger charge is -2.26. The van der Waals surface area contributed by atoms with Gasteiger partial charge in [-0.25, -0.2) is 0 Å². The summed E-state index contributed by atoms with van der Waals surface area (Å²) in [5.74, 6) is -0.973. The summed E-state index contributed by atoms with van der Waals surface area (Å²) in [7, 11) is 0. The minimum Gasteiger partial charge on any atom is -0.507 e. The van der Waals surface area contributed by atoms with E-state index in [1.165, 1.54) is 16.1 Å². The molecule has 1 unspecified atom stereocenters. The molecule has 0 aliphatic carbocycles.